The van der Waals surface area contributed by atoms with E-state index in [2.05, 4.69) is 25.9 Å². The Morgan fingerprint density at radius 2 is 1.74 bits per heavy atom. The highest BCUT2D eigenvalue weighted by atomic mass is 19.4. The van der Waals surface area contributed by atoms with Gasteiger partial charge in [0.25, 0.3) is 0 Å². The number of hydrogen-bond acceptors (Lipinski definition) is 7. The minimum absolute atomic E-state index is 0.0502. The number of carbonyl (C=O) groups is 1. The zero-order chi connectivity index (χ0) is 24.6. The normalized spacial score (nSPS) is 22.9. The summed E-state index contributed by atoms with van der Waals surface area (Å²) >= 11 is 0. The number of hydrogen-bond donors (Lipinski definition) is 3. The molecular weight excluding hydrogens is 447 g/mol. The Morgan fingerprint density at radius 1 is 1.09 bits per heavy atom. The number of aryl methyl sites for hydroxylation is 1. The van der Waals surface area contributed by atoms with Crippen LogP contribution < -0.4 is 20.9 Å². The number of carbonyl (C=O) groups excluding carboxylic acids is 1. The molecule has 34 heavy (non-hydrogen) atoms. The van der Waals surface area contributed by atoms with Crippen molar-refractivity contribution in [2.24, 2.45) is 5.92 Å². The molecule has 1 amide bonds. The van der Waals surface area contributed by atoms with Crippen molar-refractivity contribution in [1.29, 1.82) is 0 Å². The van der Waals surface area contributed by atoms with Gasteiger partial charge in [-0.15, -0.1) is 0 Å². The molecule has 8 nitrogen and oxygen atoms in total. The van der Waals surface area contributed by atoms with Gasteiger partial charge in [0.1, 0.15) is 17.5 Å². The molecule has 0 saturated heterocycles. The number of anilines is 4. The molecule has 1 fully saturated rings. The number of nitrogens with one attached hydrogen (secondary N) is 3. The van der Waals surface area contributed by atoms with Gasteiger partial charge in [-0.2, -0.15) is 18.2 Å². The first kappa shape index (κ1) is 24.0. The van der Waals surface area contributed by atoms with Crippen molar-refractivity contribution in [2.45, 2.75) is 70.8 Å². The number of fused-ring (bicyclic) bond motifs is 1. The standard InChI is InChI=1S/C23H30F3N7O/c1-12(2)19-21(34)31-18-13(3)28-22(32-20(18)33(19)4)30-16-8-6-15(7-9-16)29-17-10-5-14(11-27-17)23(24,25)26/h5,10-12,15-16,19H,6-9H2,1-4H3,(H,27,29)(H,31,34)(H,28,30,32)/t15?,16?,19-/m0/s1. The van der Waals surface area contributed by atoms with Crippen LogP contribution >= 0.6 is 0 Å². The minimum Gasteiger partial charge on any atom is -0.367 e. The lowest BCUT2D eigenvalue weighted by Gasteiger charge is -2.37. The second kappa shape index (κ2) is 9.27. The molecule has 0 bridgehead atoms. The minimum atomic E-state index is -4.39. The Morgan fingerprint density at radius 3 is 2.29 bits per heavy atom. The van der Waals surface area contributed by atoms with E-state index in [0.717, 1.165) is 37.9 Å². The van der Waals surface area contributed by atoms with E-state index in [1.165, 1.54) is 6.07 Å². The van der Waals surface area contributed by atoms with E-state index in [-0.39, 0.29) is 30.0 Å². The van der Waals surface area contributed by atoms with Gasteiger partial charge in [0.2, 0.25) is 11.9 Å². The summed E-state index contributed by atoms with van der Waals surface area (Å²) in [5, 5.41) is 9.61. The average molecular weight is 478 g/mol. The Labute approximate surface area is 196 Å². The largest absolute Gasteiger partial charge is 0.417 e. The number of halogens is 3. The van der Waals surface area contributed by atoms with Crippen LogP contribution in [0.4, 0.5) is 36.4 Å². The molecule has 184 valence electrons. The first-order chi connectivity index (χ1) is 16.0. The van der Waals surface area contributed by atoms with Crippen LogP contribution in [-0.4, -0.2) is 46.0 Å². The summed E-state index contributed by atoms with van der Waals surface area (Å²) in [6.07, 6.45) is -0.125. The topological polar surface area (TPSA) is 95.1 Å². The molecule has 1 aliphatic heterocycles. The quantitative estimate of drug-likeness (QED) is 0.586. The second-order valence-electron chi connectivity index (χ2n) is 9.39. The van der Waals surface area contributed by atoms with Crippen LogP contribution in [0, 0.1) is 12.8 Å². The lowest BCUT2D eigenvalue weighted by atomic mass is 9.91. The van der Waals surface area contributed by atoms with E-state index in [0.29, 0.717) is 29.0 Å². The van der Waals surface area contributed by atoms with E-state index in [1.807, 2.05) is 32.7 Å². The van der Waals surface area contributed by atoms with Crippen molar-refractivity contribution < 1.29 is 18.0 Å². The van der Waals surface area contributed by atoms with Gasteiger partial charge >= 0.3 is 6.18 Å². The molecule has 0 aromatic carbocycles. The summed E-state index contributed by atoms with van der Waals surface area (Å²) < 4.78 is 38.1. The van der Waals surface area contributed by atoms with E-state index >= 15 is 0 Å². The third-order valence-electron chi connectivity index (χ3n) is 6.47. The third kappa shape index (κ3) is 5.02. The van der Waals surface area contributed by atoms with Gasteiger partial charge in [0.15, 0.2) is 5.82 Å². The van der Waals surface area contributed by atoms with Gasteiger partial charge in [-0.1, -0.05) is 13.8 Å². The van der Waals surface area contributed by atoms with Crippen LogP contribution in [0.25, 0.3) is 0 Å². The van der Waals surface area contributed by atoms with E-state index in [1.54, 1.807) is 0 Å². The first-order valence-corrected chi connectivity index (χ1v) is 11.5. The zero-order valence-corrected chi connectivity index (χ0v) is 19.7. The number of rotatable bonds is 5. The Kier molecular flexibility index (Phi) is 6.55. The predicted octanol–water partition coefficient (Wildman–Crippen LogP) is 4.45. The summed E-state index contributed by atoms with van der Waals surface area (Å²) in [4.78, 5) is 27.6. The molecule has 4 rings (SSSR count). The van der Waals surface area contributed by atoms with Gasteiger partial charge in [-0.25, -0.2) is 9.97 Å². The van der Waals surface area contributed by atoms with Crippen LogP contribution in [0.2, 0.25) is 0 Å². The van der Waals surface area contributed by atoms with Gasteiger partial charge in [-0.3, -0.25) is 4.79 Å². The Hall–Kier alpha value is -3.11. The number of aromatic nitrogens is 3. The molecule has 0 spiro atoms. The molecule has 0 radical (unpaired) electrons. The van der Waals surface area contributed by atoms with Crippen molar-refractivity contribution in [3.63, 3.8) is 0 Å². The maximum absolute atomic E-state index is 12.7. The summed E-state index contributed by atoms with van der Waals surface area (Å²) in [6.45, 7) is 5.87. The number of likely N-dealkylation sites (N-methyl/N-ethyl adjacent to an activating group) is 1. The fourth-order valence-corrected chi connectivity index (χ4v) is 4.70. The predicted molar refractivity (Wildman–Crippen MR) is 125 cm³/mol. The fraction of sp³-hybridized carbons (Fsp3) is 0.565. The van der Waals surface area contributed by atoms with Crippen molar-refractivity contribution in [2.75, 3.05) is 27.9 Å². The third-order valence-corrected chi connectivity index (χ3v) is 6.47. The smallest absolute Gasteiger partial charge is 0.367 e. The van der Waals surface area contributed by atoms with Crippen LogP contribution in [0.15, 0.2) is 18.3 Å². The Balaban J connectivity index is 1.36. The molecular formula is C23H30F3N7O. The van der Waals surface area contributed by atoms with E-state index in [4.69, 9.17) is 4.98 Å². The number of pyridine rings is 1. The molecule has 1 saturated carbocycles. The molecule has 0 unspecified atom stereocenters. The number of nitrogens with zero attached hydrogens (tertiary/aromatic N) is 4. The average Bonchev–Trinajstić information content (AvgIpc) is 2.76. The van der Waals surface area contributed by atoms with Gasteiger partial charge < -0.3 is 20.9 Å². The first-order valence-electron chi connectivity index (χ1n) is 11.5. The van der Waals surface area contributed by atoms with Gasteiger partial charge in [-0.05, 0) is 50.7 Å². The van der Waals surface area contributed by atoms with Crippen molar-refractivity contribution in [3.05, 3.63) is 29.6 Å². The number of amides is 1. The molecule has 3 N–H and O–H groups in total. The molecule has 3 heterocycles. The maximum atomic E-state index is 12.7. The van der Waals surface area contributed by atoms with Crippen LogP contribution in [-0.2, 0) is 11.0 Å². The SMILES string of the molecule is Cc1nc(NC2CCC(Nc3ccc(C(F)(F)F)cn3)CC2)nc2c1NC(=O)[C@H](C(C)C)N2C. The lowest BCUT2D eigenvalue weighted by molar-refractivity contribution is -0.137. The highest BCUT2D eigenvalue weighted by Crippen LogP contribution is 2.35. The second-order valence-corrected chi connectivity index (χ2v) is 9.39. The summed E-state index contributed by atoms with van der Waals surface area (Å²) in [5.41, 5.74) is 0.599. The lowest BCUT2D eigenvalue weighted by Crippen LogP contribution is -2.49. The monoisotopic (exact) mass is 477 g/mol. The van der Waals surface area contributed by atoms with Crippen molar-refractivity contribution in [3.8, 4) is 0 Å². The molecule has 11 heteroatoms. The molecule has 1 atom stereocenters. The van der Waals surface area contributed by atoms with Crippen molar-refractivity contribution >= 4 is 29.2 Å². The van der Waals surface area contributed by atoms with Gasteiger partial charge in [0.05, 0.1) is 11.3 Å². The van der Waals surface area contributed by atoms with E-state index in [9.17, 15) is 18.0 Å². The summed E-state index contributed by atoms with van der Waals surface area (Å²) in [7, 11) is 1.88. The van der Waals surface area contributed by atoms with E-state index < -0.39 is 11.7 Å². The highest BCUT2D eigenvalue weighted by molar-refractivity contribution is 6.03. The highest BCUT2D eigenvalue weighted by Gasteiger charge is 2.35. The zero-order valence-electron chi connectivity index (χ0n) is 19.7. The molecule has 2 aliphatic rings. The van der Waals surface area contributed by atoms with Crippen molar-refractivity contribution in [1.82, 2.24) is 15.0 Å². The fourth-order valence-electron chi connectivity index (χ4n) is 4.70. The summed E-state index contributed by atoms with van der Waals surface area (Å²) in [6, 6.07) is 2.44. The molecule has 1 aliphatic carbocycles. The Bertz CT molecular complexity index is 1030. The molecule has 2 aromatic rings. The van der Waals surface area contributed by atoms with Crippen LogP contribution in [0.1, 0.15) is 50.8 Å². The van der Waals surface area contributed by atoms with Crippen LogP contribution in [0.5, 0.6) is 0 Å². The number of alkyl halides is 3. The van der Waals surface area contributed by atoms with Crippen LogP contribution in [0.3, 0.4) is 0 Å². The van der Waals surface area contributed by atoms with Gasteiger partial charge in [0, 0.05) is 25.3 Å². The maximum Gasteiger partial charge on any atom is 0.417 e. The molecule has 2 aromatic heterocycles. The summed E-state index contributed by atoms with van der Waals surface area (Å²) in [5.74, 6) is 1.76.